The monoisotopic (exact) mass is 468 g/mol. The third-order valence-corrected chi connectivity index (χ3v) is 4.57. The van der Waals surface area contributed by atoms with Crippen LogP contribution in [0.4, 0.5) is 4.39 Å². The molecule has 0 aliphatic carbocycles. The van der Waals surface area contributed by atoms with Gasteiger partial charge in [-0.25, -0.2) is 4.39 Å². The zero-order valence-corrected chi connectivity index (χ0v) is 14.8. The summed E-state index contributed by atoms with van der Waals surface area (Å²) in [5.41, 5.74) is 4.63. The van der Waals surface area contributed by atoms with E-state index in [2.05, 4.69) is 43.9 Å². The first-order valence-corrected chi connectivity index (χ1v) is 8.10. The lowest BCUT2D eigenvalue weighted by Gasteiger charge is -2.18. The Morgan fingerprint density at radius 2 is 2.05 bits per heavy atom. The van der Waals surface area contributed by atoms with Gasteiger partial charge in [0, 0.05) is 13.1 Å². The van der Waals surface area contributed by atoms with Crippen LogP contribution in [-0.4, -0.2) is 0 Å². The van der Waals surface area contributed by atoms with Gasteiger partial charge in [-0.1, -0.05) is 27.5 Å². The van der Waals surface area contributed by atoms with Crippen LogP contribution in [0.2, 0.25) is 5.02 Å². The fourth-order valence-corrected chi connectivity index (χ4v) is 3.41. The molecule has 0 saturated heterocycles. The number of nitrogens with two attached hydrogens (primary N) is 1. The van der Waals surface area contributed by atoms with Crippen LogP contribution in [0.5, 0.6) is 0 Å². The minimum Gasteiger partial charge on any atom is -0.271 e. The molecule has 0 aliphatic rings. The Labute approximate surface area is 144 Å². The summed E-state index contributed by atoms with van der Waals surface area (Å²) in [6.07, 6.45) is 0.573. The molecule has 2 aromatic carbocycles. The van der Waals surface area contributed by atoms with Crippen LogP contribution in [0.15, 0.2) is 40.9 Å². The Balaban J connectivity index is 2.31. The van der Waals surface area contributed by atoms with Gasteiger partial charge < -0.3 is 0 Å². The molecule has 20 heavy (non-hydrogen) atoms. The van der Waals surface area contributed by atoms with Crippen LogP contribution in [0, 0.1) is 9.39 Å². The largest absolute Gasteiger partial charge is 0.271 e. The number of hydrogen-bond acceptors (Lipinski definition) is 2. The molecule has 2 aromatic rings. The molecule has 0 saturated carbocycles. The summed E-state index contributed by atoms with van der Waals surface area (Å²) in [7, 11) is 0. The maximum absolute atomic E-state index is 13.4. The van der Waals surface area contributed by atoms with Crippen molar-refractivity contribution < 1.29 is 4.39 Å². The lowest BCUT2D eigenvalue weighted by atomic mass is 9.99. The predicted octanol–water partition coefficient (Wildman–Crippen LogP) is 4.59. The number of rotatable bonds is 4. The summed E-state index contributed by atoms with van der Waals surface area (Å²) in [6.45, 7) is 0. The first kappa shape index (κ1) is 16.2. The Kier molecular flexibility index (Phi) is 5.80. The van der Waals surface area contributed by atoms with Crippen molar-refractivity contribution in [2.75, 3.05) is 0 Å². The molecule has 3 N–H and O–H groups in total. The summed E-state index contributed by atoms with van der Waals surface area (Å²) in [4.78, 5) is 0. The minimum atomic E-state index is -0.272. The number of halogens is 4. The SMILES string of the molecule is NNC(Cc1cc(F)cc(Br)c1)c1cc(Cl)ccc1I. The molecule has 2 rings (SSSR count). The summed E-state index contributed by atoms with van der Waals surface area (Å²) in [5.74, 6) is 5.37. The molecule has 0 bridgehead atoms. The number of hydrogen-bond donors (Lipinski definition) is 2. The Morgan fingerprint density at radius 1 is 1.30 bits per heavy atom. The molecule has 0 radical (unpaired) electrons. The van der Waals surface area contributed by atoms with Gasteiger partial charge in [-0.2, -0.15) is 0 Å². The van der Waals surface area contributed by atoms with Crippen LogP contribution in [0.1, 0.15) is 17.2 Å². The van der Waals surface area contributed by atoms with E-state index in [9.17, 15) is 4.39 Å². The van der Waals surface area contributed by atoms with E-state index in [1.165, 1.54) is 12.1 Å². The van der Waals surface area contributed by atoms with Crippen molar-refractivity contribution in [2.45, 2.75) is 12.5 Å². The first-order chi connectivity index (χ1) is 9.49. The smallest absolute Gasteiger partial charge is 0.124 e. The zero-order chi connectivity index (χ0) is 14.7. The molecular formula is C14H12BrClFIN2. The highest BCUT2D eigenvalue weighted by Gasteiger charge is 2.15. The molecule has 106 valence electrons. The lowest BCUT2D eigenvalue weighted by molar-refractivity contribution is 0.546. The molecular weight excluding hydrogens is 457 g/mol. The van der Waals surface area contributed by atoms with Gasteiger partial charge in [-0.15, -0.1) is 0 Å². The standard InChI is InChI=1S/C14H12BrClFIN2/c15-9-3-8(4-11(17)6-9)5-14(20-19)12-7-10(16)1-2-13(12)18/h1-4,6-7,14,20H,5,19H2. The molecule has 6 heteroatoms. The van der Waals surface area contributed by atoms with Crippen LogP contribution in [-0.2, 0) is 6.42 Å². The van der Waals surface area contributed by atoms with Crippen molar-refractivity contribution in [3.63, 3.8) is 0 Å². The average molecular weight is 470 g/mol. The van der Waals surface area contributed by atoms with Gasteiger partial charge >= 0.3 is 0 Å². The van der Waals surface area contributed by atoms with Gasteiger partial charge in [0.15, 0.2) is 0 Å². The van der Waals surface area contributed by atoms with Crippen LogP contribution in [0.25, 0.3) is 0 Å². The summed E-state index contributed by atoms with van der Waals surface area (Å²) >= 11 is 11.6. The quantitative estimate of drug-likeness (QED) is 0.391. The molecule has 1 atom stereocenters. The minimum absolute atomic E-state index is 0.130. The van der Waals surface area contributed by atoms with Crippen molar-refractivity contribution in [1.29, 1.82) is 0 Å². The summed E-state index contributed by atoms with van der Waals surface area (Å²) < 4.78 is 15.2. The van der Waals surface area contributed by atoms with E-state index in [4.69, 9.17) is 17.4 Å². The topological polar surface area (TPSA) is 38.0 Å². The normalized spacial score (nSPS) is 12.4. The van der Waals surface area contributed by atoms with Crippen molar-refractivity contribution in [3.8, 4) is 0 Å². The first-order valence-electron chi connectivity index (χ1n) is 5.85. The second-order valence-electron chi connectivity index (χ2n) is 4.37. The van der Waals surface area contributed by atoms with Crippen LogP contribution >= 0.6 is 50.1 Å². The lowest BCUT2D eigenvalue weighted by Crippen LogP contribution is -2.30. The van der Waals surface area contributed by atoms with Crippen LogP contribution < -0.4 is 11.3 Å². The molecule has 2 nitrogen and oxygen atoms in total. The average Bonchev–Trinajstić information content (AvgIpc) is 2.38. The van der Waals surface area contributed by atoms with Gasteiger partial charge in [-0.05, 0) is 76.5 Å². The van der Waals surface area contributed by atoms with E-state index in [0.717, 1.165) is 14.7 Å². The molecule has 1 unspecified atom stereocenters. The Morgan fingerprint density at radius 3 is 2.70 bits per heavy atom. The summed E-state index contributed by atoms with van der Waals surface area (Å²) in [5, 5.41) is 0.654. The highest BCUT2D eigenvalue weighted by atomic mass is 127. The van der Waals surface area contributed by atoms with Gasteiger partial charge in [-0.3, -0.25) is 11.3 Å². The second-order valence-corrected chi connectivity index (χ2v) is 6.88. The van der Waals surface area contributed by atoms with Crippen LogP contribution in [0.3, 0.4) is 0 Å². The predicted molar refractivity (Wildman–Crippen MR) is 92.0 cm³/mol. The number of hydrazine groups is 1. The molecule has 0 spiro atoms. The van der Waals surface area contributed by atoms with E-state index in [1.54, 1.807) is 0 Å². The van der Waals surface area contributed by atoms with Crippen molar-refractivity contribution in [2.24, 2.45) is 5.84 Å². The number of nitrogens with one attached hydrogen (secondary N) is 1. The highest BCUT2D eigenvalue weighted by molar-refractivity contribution is 14.1. The summed E-state index contributed by atoms with van der Waals surface area (Å²) in [6, 6.07) is 10.3. The molecule has 0 heterocycles. The van der Waals surface area contributed by atoms with Crippen molar-refractivity contribution >= 4 is 50.1 Å². The maximum atomic E-state index is 13.4. The van der Waals surface area contributed by atoms with Crippen molar-refractivity contribution in [3.05, 3.63) is 66.4 Å². The molecule has 0 fully saturated rings. The Bertz CT molecular complexity index is 604. The fraction of sp³-hybridized carbons (Fsp3) is 0.143. The number of benzene rings is 2. The van der Waals surface area contributed by atoms with E-state index in [-0.39, 0.29) is 11.9 Å². The van der Waals surface area contributed by atoms with Gasteiger partial charge in [0.2, 0.25) is 0 Å². The van der Waals surface area contributed by atoms with E-state index < -0.39 is 0 Å². The van der Waals surface area contributed by atoms with E-state index in [0.29, 0.717) is 15.9 Å². The van der Waals surface area contributed by atoms with Gasteiger partial charge in [0.05, 0.1) is 6.04 Å². The Hall–Kier alpha value is -0.210. The van der Waals surface area contributed by atoms with Gasteiger partial charge in [0.1, 0.15) is 5.82 Å². The zero-order valence-electron chi connectivity index (χ0n) is 10.3. The maximum Gasteiger partial charge on any atom is 0.124 e. The van der Waals surface area contributed by atoms with E-state index >= 15 is 0 Å². The third-order valence-electron chi connectivity index (χ3n) is 2.90. The molecule has 0 aliphatic heterocycles. The third kappa shape index (κ3) is 4.14. The molecule has 0 amide bonds. The van der Waals surface area contributed by atoms with Crippen molar-refractivity contribution in [1.82, 2.24) is 5.43 Å². The van der Waals surface area contributed by atoms with Gasteiger partial charge in [0.25, 0.3) is 0 Å². The molecule has 0 aromatic heterocycles. The fourth-order valence-electron chi connectivity index (χ4n) is 2.00. The second kappa shape index (κ2) is 7.17. The van der Waals surface area contributed by atoms with E-state index in [1.807, 2.05) is 24.3 Å². The highest BCUT2D eigenvalue weighted by Crippen LogP contribution is 2.27.